The zero-order chi connectivity index (χ0) is 17.5. The second kappa shape index (κ2) is 9.16. The van der Waals surface area contributed by atoms with E-state index in [1.807, 2.05) is 60.7 Å². The molecule has 0 saturated carbocycles. The number of benzene rings is 2. The van der Waals surface area contributed by atoms with Crippen LogP contribution in [0.15, 0.2) is 60.7 Å². The fourth-order valence-electron chi connectivity index (χ4n) is 2.69. The molecule has 1 aliphatic heterocycles. The Labute approximate surface area is 154 Å². The van der Waals surface area contributed by atoms with Crippen LogP contribution in [0, 0.1) is 0 Å². The van der Waals surface area contributed by atoms with Gasteiger partial charge in [0.1, 0.15) is 0 Å². The van der Waals surface area contributed by atoms with E-state index in [4.69, 9.17) is 14.2 Å². The van der Waals surface area contributed by atoms with Gasteiger partial charge in [0.2, 0.25) is 0 Å². The molecule has 2 aromatic carbocycles. The normalized spacial score (nSPS) is 22.7. The molecule has 0 N–H and O–H groups in total. The predicted molar refractivity (Wildman–Crippen MR) is 96.2 cm³/mol. The van der Waals surface area contributed by atoms with Gasteiger partial charge in [-0.05, 0) is 0 Å². The van der Waals surface area contributed by atoms with Gasteiger partial charge >= 0.3 is 154 Å². The van der Waals surface area contributed by atoms with Crippen LogP contribution in [-0.4, -0.2) is 38.1 Å². The van der Waals surface area contributed by atoms with Crippen LogP contribution in [0.2, 0.25) is 5.32 Å². The van der Waals surface area contributed by atoms with Crippen LogP contribution in [0.25, 0.3) is 0 Å². The van der Waals surface area contributed by atoms with E-state index in [2.05, 4.69) is 0 Å². The first-order valence-corrected chi connectivity index (χ1v) is 10.5. The fraction of sp³-hybridized carbons (Fsp3) is 0.350. The quantitative estimate of drug-likeness (QED) is 0.524. The average molecular weight is 405 g/mol. The van der Waals surface area contributed by atoms with E-state index in [9.17, 15) is 4.79 Å². The monoisotopic (exact) mass is 406 g/mol. The predicted octanol–water partition coefficient (Wildman–Crippen LogP) is 3.18. The van der Waals surface area contributed by atoms with Gasteiger partial charge < -0.3 is 0 Å². The molecule has 0 aliphatic carbocycles. The fourth-order valence-corrected chi connectivity index (χ4v) is 5.45. The number of carbonyl (C=O) groups excluding carboxylic acids is 1. The molecule has 0 bridgehead atoms. The topological polar surface area (TPSA) is 44.8 Å². The van der Waals surface area contributed by atoms with Crippen molar-refractivity contribution < 1.29 is 19.0 Å². The zero-order valence-corrected chi connectivity index (χ0v) is 15.9. The Hall–Kier alpha value is -1.65. The minimum absolute atomic E-state index is 0.0479. The third-order valence-corrected chi connectivity index (χ3v) is 6.48. The molecule has 0 aromatic heterocycles. The summed E-state index contributed by atoms with van der Waals surface area (Å²) in [7, 11) is 0. The van der Waals surface area contributed by atoms with Crippen LogP contribution in [0.4, 0.5) is 0 Å². The van der Waals surface area contributed by atoms with Crippen LogP contribution in [0.5, 0.6) is 0 Å². The first-order valence-electron chi connectivity index (χ1n) is 8.32. The van der Waals surface area contributed by atoms with Gasteiger partial charge in [-0.3, -0.25) is 0 Å². The summed E-state index contributed by atoms with van der Waals surface area (Å²) in [6.07, 6.45) is -0.263. The zero-order valence-electron chi connectivity index (χ0n) is 14.2. The SMILES string of the molecule is CC(=O)OC1[Se]C[C@H](OCc2ccccc2)[C@H]1OCc1ccccc1. The molecule has 3 rings (SSSR count). The van der Waals surface area contributed by atoms with E-state index in [0.717, 1.165) is 16.4 Å². The Kier molecular flexibility index (Phi) is 6.65. The van der Waals surface area contributed by atoms with Crippen molar-refractivity contribution >= 4 is 20.9 Å². The molecule has 1 fully saturated rings. The van der Waals surface area contributed by atoms with Crippen molar-refractivity contribution in [1.29, 1.82) is 0 Å². The van der Waals surface area contributed by atoms with Crippen LogP contribution >= 0.6 is 0 Å². The third-order valence-electron chi connectivity index (χ3n) is 3.93. The molecule has 1 saturated heterocycles. The second-order valence-electron chi connectivity index (χ2n) is 5.91. The summed E-state index contributed by atoms with van der Waals surface area (Å²) >= 11 is 0.161. The van der Waals surface area contributed by atoms with E-state index in [-0.39, 0.29) is 38.1 Å². The summed E-state index contributed by atoms with van der Waals surface area (Å²) < 4.78 is 17.7. The molecular weight excluding hydrogens is 383 g/mol. The molecule has 1 aliphatic rings. The first kappa shape index (κ1) is 18.1. The maximum absolute atomic E-state index is 11.4. The number of carbonyl (C=O) groups is 1. The second-order valence-corrected chi connectivity index (χ2v) is 8.28. The number of ether oxygens (including phenoxy) is 3. The summed E-state index contributed by atoms with van der Waals surface area (Å²) in [5.41, 5.74) is 2.23. The van der Waals surface area contributed by atoms with Crippen molar-refractivity contribution in [3.05, 3.63) is 71.8 Å². The number of esters is 1. The van der Waals surface area contributed by atoms with E-state index in [1.54, 1.807) is 0 Å². The van der Waals surface area contributed by atoms with Crippen molar-refractivity contribution in [3.63, 3.8) is 0 Å². The van der Waals surface area contributed by atoms with Crippen molar-refractivity contribution in [2.45, 2.75) is 42.7 Å². The van der Waals surface area contributed by atoms with Gasteiger partial charge in [-0.15, -0.1) is 0 Å². The van der Waals surface area contributed by atoms with Crippen LogP contribution < -0.4 is 0 Å². The first-order chi connectivity index (χ1) is 12.2. The maximum atomic E-state index is 11.4. The molecule has 4 nitrogen and oxygen atoms in total. The molecule has 25 heavy (non-hydrogen) atoms. The molecular formula is C20H22O4Se. The van der Waals surface area contributed by atoms with Gasteiger partial charge in [-0.2, -0.15) is 0 Å². The van der Waals surface area contributed by atoms with E-state index in [0.29, 0.717) is 13.2 Å². The van der Waals surface area contributed by atoms with Gasteiger partial charge in [0, 0.05) is 0 Å². The molecule has 132 valence electrons. The van der Waals surface area contributed by atoms with Gasteiger partial charge in [-0.1, -0.05) is 0 Å². The number of hydrogen-bond donors (Lipinski definition) is 0. The minimum atomic E-state index is -0.260. The van der Waals surface area contributed by atoms with Crippen LogP contribution in [0.1, 0.15) is 18.1 Å². The van der Waals surface area contributed by atoms with Crippen molar-refractivity contribution in [1.82, 2.24) is 0 Å². The Morgan fingerprint density at radius 2 is 1.52 bits per heavy atom. The Morgan fingerprint density at radius 3 is 2.08 bits per heavy atom. The molecule has 0 spiro atoms. The molecule has 5 heteroatoms. The van der Waals surface area contributed by atoms with Crippen molar-refractivity contribution in [2.75, 3.05) is 0 Å². The molecule has 0 amide bonds. The summed E-state index contributed by atoms with van der Waals surface area (Å²) in [5.74, 6) is -0.260. The Balaban J connectivity index is 1.62. The molecule has 2 aromatic rings. The summed E-state index contributed by atoms with van der Waals surface area (Å²) in [6, 6.07) is 20.1. The molecule has 1 heterocycles. The van der Waals surface area contributed by atoms with E-state index in [1.165, 1.54) is 6.92 Å². The summed E-state index contributed by atoms with van der Waals surface area (Å²) in [6.45, 7) is 2.48. The van der Waals surface area contributed by atoms with Crippen LogP contribution in [-0.2, 0) is 32.2 Å². The average Bonchev–Trinajstić information content (AvgIpc) is 3.01. The summed E-state index contributed by atoms with van der Waals surface area (Å²) in [5, 5.41) is 0.700. The number of rotatable bonds is 7. The van der Waals surface area contributed by atoms with E-state index >= 15 is 0 Å². The Morgan fingerprint density at radius 1 is 0.960 bits per heavy atom. The molecule has 3 atom stereocenters. The standard InChI is InChI=1S/C20H22O4Se/c1-15(21)24-20-19(23-13-17-10-6-3-7-11-17)18(14-25-20)22-12-16-8-4-2-5-9-16/h2-11,18-20H,12-14H2,1H3/t18-,19+,20?/m0/s1. The van der Waals surface area contributed by atoms with Gasteiger partial charge in [-0.25, -0.2) is 0 Å². The van der Waals surface area contributed by atoms with Crippen molar-refractivity contribution in [3.8, 4) is 0 Å². The van der Waals surface area contributed by atoms with E-state index < -0.39 is 0 Å². The van der Waals surface area contributed by atoms with Gasteiger partial charge in [0.05, 0.1) is 0 Å². The summed E-state index contributed by atoms with van der Waals surface area (Å²) in [4.78, 5) is 11.4. The molecule has 1 unspecified atom stereocenters. The van der Waals surface area contributed by atoms with Gasteiger partial charge in [0.15, 0.2) is 0 Å². The third kappa shape index (κ3) is 5.41. The van der Waals surface area contributed by atoms with Gasteiger partial charge in [0.25, 0.3) is 0 Å². The van der Waals surface area contributed by atoms with Crippen molar-refractivity contribution in [2.24, 2.45) is 0 Å². The van der Waals surface area contributed by atoms with Crippen LogP contribution in [0.3, 0.4) is 0 Å². The molecule has 0 radical (unpaired) electrons. The number of hydrogen-bond acceptors (Lipinski definition) is 4. The Bertz CT molecular complexity index is 662.